The van der Waals surface area contributed by atoms with E-state index in [2.05, 4.69) is 12.6 Å². The Morgan fingerprint density at radius 1 is 1.47 bits per heavy atom. The van der Waals surface area contributed by atoms with Crippen LogP contribution in [0.1, 0.15) is 11.7 Å². The molecule has 15 heavy (non-hydrogen) atoms. The fraction of sp³-hybridized carbons (Fsp3) is 0.400. The molecule has 1 rings (SSSR count). The van der Waals surface area contributed by atoms with Crippen LogP contribution >= 0.6 is 12.6 Å². The molecule has 0 saturated carbocycles. The van der Waals surface area contributed by atoms with Crippen LogP contribution in [-0.2, 0) is 0 Å². The second-order valence-corrected chi connectivity index (χ2v) is 3.55. The molecular formula is C10H15NO3S. The molecule has 0 heterocycles. The highest BCUT2D eigenvalue weighted by molar-refractivity contribution is 7.80. The summed E-state index contributed by atoms with van der Waals surface area (Å²) in [6, 6.07) is 4.91. The summed E-state index contributed by atoms with van der Waals surface area (Å²) in [7, 11) is 1.54. The number of hydrogen-bond donors (Lipinski definition) is 4. The van der Waals surface area contributed by atoms with Crippen molar-refractivity contribution in [1.82, 2.24) is 0 Å². The zero-order valence-electron chi connectivity index (χ0n) is 8.42. The molecule has 2 unspecified atom stereocenters. The van der Waals surface area contributed by atoms with E-state index in [1.54, 1.807) is 18.2 Å². The smallest absolute Gasteiger partial charge is 0.120 e. The summed E-state index contributed by atoms with van der Waals surface area (Å²) in [6.07, 6.45) is -1.95. The maximum absolute atomic E-state index is 9.71. The minimum atomic E-state index is -1.02. The molecule has 1 aromatic carbocycles. The van der Waals surface area contributed by atoms with Gasteiger partial charge in [-0.3, -0.25) is 0 Å². The molecule has 0 bridgehead atoms. The molecule has 84 valence electrons. The maximum Gasteiger partial charge on any atom is 0.120 e. The van der Waals surface area contributed by atoms with Crippen LogP contribution in [0.2, 0.25) is 0 Å². The Kier molecular flexibility index (Phi) is 4.26. The number of anilines is 1. The lowest BCUT2D eigenvalue weighted by Gasteiger charge is -2.18. The van der Waals surface area contributed by atoms with Crippen LogP contribution in [0.3, 0.4) is 0 Å². The third-order valence-electron chi connectivity index (χ3n) is 2.16. The summed E-state index contributed by atoms with van der Waals surface area (Å²) < 4.78 is 4.98. The van der Waals surface area contributed by atoms with Crippen LogP contribution in [0.25, 0.3) is 0 Å². The Balaban J connectivity index is 2.95. The Hall–Kier alpha value is -0.910. The van der Waals surface area contributed by atoms with E-state index in [-0.39, 0.29) is 5.75 Å². The van der Waals surface area contributed by atoms with Crippen LogP contribution in [0.15, 0.2) is 18.2 Å². The third kappa shape index (κ3) is 2.77. The maximum atomic E-state index is 9.71. The normalized spacial score (nSPS) is 14.7. The summed E-state index contributed by atoms with van der Waals surface area (Å²) >= 11 is 3.90. The van der Waals surface area contributed by atoms with Crippen molar-refractivity contribution in [3.8, 4) is 5.75 Å². The lowest BCUT2D eigenvalue weighted by atomic mass is 10.0. The quantitative estimate of drug-likeness (QED) is 0.450. The van der Waals surface area contributed by atoms with Crippen molar-refractivity contribution in [3.63, 3.8) is 0 Å². The first-order valence-electron chi connectivity index (χ1n) is 4.50. The van der Waals surface area contributed by atoms with Crippen molar-refractivity contribution in [2.24, 2.45) is 0 Å². The Morgan fingerprint density at radius 2 is 2.13 bits per heavy atom. The number of aliphatic hydroxyl groups is 2. The topological polar surface area (TPSA) is 75.7 Å². The molecule has 0 radical (unpaired) electrons. The van der Waals surface area contributed by atoms with E-state index in [0.29, 0.717) is 17.0 Å². The van der Waals surface area contributed by atoms with E-state index < -0.39 is 12.2 Å². The van der Waals surface area contributed by atoms with E-state index in [9.17, 15) is 10.2 Å². The van der Waals surface area contributed by atoms with Gasteiger partial charge in [-0.1, -0.05) is 6.07 Å². The van der Waals surface area contributed by atoms with Crippen molar-refractivity contribution in [3.05, 3.63) is 23.8 Å². The third-order valence-corrected chi connectivity index (χ3v) is 2.54. The summed E-state index contributed by atoms with van der Waals surface area (Å²) in [5.74, 6) is 0.788. The van der Waals surface area contributed by atoms with Gasteiger partial charge in [0.1, 0.15) is 11.9 Å². The molecular weight excluding hydrogens is 214 g/mol. The van der Waals surface area contributed by atoms with Gasteiger partial charge in [-0.2, -0.15) is 12.6 Å². The molecule has 4 nitrogen and oxygen atoms in total. The van der Waals surface area contributed by atoms with E-state index in [0.717, 1.165) is 0 Å². The molecule has 2 atom stereocenters. The SMILES string of the molecule is COc1ccc(C(O)C(O)CS)c(N)c1. The van der Waals surface area contributed by atoms with Crippen LogP contribution in [0.5, 0.6) is 5.75 Å². The van der Waals surface area contributed by atoms with Crippen molar-refractivity contribution in [2.75, 3.05) is 18.6 Å². The molecule has 4 N–H and O–H groups in total. The standard InChI is InChI=1S/C10H15NO3S/c1-14-6-2-3-7(8(11)4-6)10(13)9(12)5-15/h2-4,9-10,12-13,15H,5,11H2,1H3. The average Bonchev–Trinajstić information content (AvgIpc) is 2.26. The summed E-state index contributed by atoms with van der Waals surface area (Å²) in [4.78, 5) is 0. The van der Waals surface area contributed by atoms with Crippen LogP contribution in [0, 0.1) is 0 Å². The predicted molar refractivity (Wildman–Crippen MR) is 62.2 cm³/mol. The van der Waals surface area contributed by atoms with Gasteiger partial charge in [0.2, 0.25) is 0 Å². The zero-order chi connectivity index (χ0) is 11.4. The number of methoxy groups -OCH3 is 1. The monoisotopic (exact) mass is 229 g/mol. The van der Waals surface area contributed by atoms with Crippen LogP contribution in [-0.4, -0.2) is 29.2 Å². The second-order valence-electron chi connectivity index (χ2n) is 3.19. The van der Waals surface area contributed by atoms with Gasteiger partial charge in [-0.05, 0) is 6.07 Å². The molecule has 0 aliphatic heterocycles. The van der Waals surface area contributed by atoms with Gasteiger partial charge in [0, 0.05) is 23.1 Å². The second kappa shape index (κ2) is 5.25. The van der Waals surface area contributed by atoms with Gasteiger partial charge in [0.15, 0.2) is 0 Å². The zero-order valence-corrected chi connectivity index (χ0v) is 9.32. The summed E-state index contributed by atoms with van der Waals surface area (Å²) in [5.41, 5.74) is 6.59. The number of ether oxygens (including phenoxy) is 1. The first kappa shape index (κ1) is 12.2. The van der Waals surface area contributed by atoms with Gasteiger partial charge in [-0.25, -0.2) is 0 Å². The fourth-order valence-electron chi connectivity index (χ4n) is 1.26. The Morgan fingerprint density at radius 3 is 2.60 bits per heavy atom. The average molecular weight is 229 g/mol. The number of nitrogen functional groups attached to an aromatic ring is 1. The molecule has 0 spiro atoms. The van der Waals surface area contributed by atoms with E-state index in [1.165, 1.54) is 7.11 Å². The largest absolute Gasteiger partial charge is 0.497 e. The number of rotatable bonds is 4. The number of aliphatic hydroxyl groups excluding tert-OH is 2. The number of nitrogens with two attached hydrogens (primary N) is 1. The molecule has 0 aliphatic rings. The molecule has 0 aromatic heterocycles. The highest BCUT2D eigenvalue weighted by Gasteiger charge is 2.19. The van der Waals surface area contributed by atoms with Crippen molar-refractivity contribution in [2.45, 2.75) is 12.2 Å². The fourth-order valence-corrected chi connectivity index (χ4v) is 1.46. The van der Waals surface area contributed by atoms with Crippen LogP contribution < -0.4 is 10.5 Å². The number of hydrogen-bond acceptors (Lipinski definition) is 5. The first-order chi connectivity index (χ1) is 7.10. The molecule has 0 aliphatic carbocycles. The summed E-state index contributed by atoms with van der Waals surface area (Å²) in [5, 5.41) is 19.1. The highest BCUT2D eigenvalue weighted by atomic mass is 32.1. The van der Waals surface area contributed by atoms with Gasteiger partial charge in [0.05, 0.1) is 13.2 Å². The minimum Gasteiger partial charge on any atom is -0.497 e. The highest BCUT2D eigenvalue weighted by Crippen LogP contribution is 2.27. The van der Waals surface area contributed by atoms with Gasteiger partial charge in [-0.15, -0.1) is 0 Å². The number of benzene rings is 1. The molecule has 5 heteroatoms. The first-order valence-corrected chi connectivity index (χ1v) is 5.13. The van der Waals surface area contributed by atoms with E-state index in [4.69, 9.17) is 10.5 Å². The lowest BCUT2D eigenvalue weighted by Crippen LogP contribution is -2.20. The van der Waals surface area contributed by atoms with E-state index >= 15 is 0 Å². The Bertz CT molecular complexity index is 332. The van der Waals surface area contributed by atoms with Gasteiger partial charge >= 0.3 is 0 Å². The molecule has 0 amide bonds. The van der Waals surface area contributed by atoms with Gasteiger partial charge < -0.3 is 20.7 Å². The van der Waals surface area contributed by atoms with Gasteiger partial charge in [0.25, 0.3) is 0 Å². The minimum absolute atomic E-state index is 0.173. The number of thiol groups is 1. The molecule has 0 fully saturated rings. The van der Waals surface area contributed by atoms with Crippen molar-refractivity contribution in [1.29, 1.82) is 0 Å². The predicted octanol–water partition coefficient (Wildman–Crippen LogP) is 0.602. The van der Waals surface area contributed by atoms with E-state index in [1.807, 2.05) is 0 Å². The van der Waals surface area contributed by atoms with Crippen LogP contribution in [0.4, 0.5) is 5.69 Å². The lowest BCUT2D eigenvalue weighted by molar-refractivity contribution is 0.0342. The summed E-state index contributed by atoms with van der Waals surface area (Å²) in [6.45, 7) is 0. The Labute approximate surface area is 94.1 Å². The molecule has 1 aromatic rings. The van der Waals surface area contributed by atoms with Crippen molar-refractivity contribution < 1.29 is 14.9 Å². The van der Waals surface area contributed by atoms with Crippen molar-refractivity contribution >= 4 is 18.3 Å². The molecule has 0 saturated heterocycles.